The first-order valence-electron chi connectivity index (χ1n) is 4.61. The average molecular weight is 267 g/mol. The Morgan fingerprint density at radius 3 is 2.93 bits per heavy atom. The molecule has 0 saturated heterocycles. The molecule has 0 spiro atoms. The molecule has 0 unspecified atom stereocenters. The third kappa shape index (κ3) is 1.70. The number of nitrogens with two attached hydrogens (primary N) is 1. The highest BCUT2D eigenvalue weighted by atomic mass is 79.9. The standard InChI is InChI=1S/C11H11BrN2O/c1-14-6-9(12)8-4-7(11(15)5-13)2-3-10(8)14/h2-4,6H,5,13H2,1H3. The lowest BCUT2D eigenvalue weighted by atomic mass is 10.1. The second kappa shape index (κ2) is 3.79. The molecule has 2 N–H and O–H groups in total. The van der Waals surface area contributed by atoms with Crippen molar-refractivity contribution < 1.29 is 4.79 Å². The summed E-state index contributed by atoms with van der Waals surface area (Å²) in [5.41, 5.74) is 7.08. The lowest BCUT2D eigenvalue weighted by molar-refractivity contribution is 0.100. The summed E-state index contributed by atoms with van der Waals surface area (Å²) in [6.07, 6.45) is 1.97. The van der Waals surface area contributed by atoms with E-state index in [9.17, 15) is 4.79 Å². The molecular weight excluding hydrogens is 256 g/mol. The monoisotopic (exact) mass is 266 g/mol. The molecule has 1 aromatic heterocycles. The van der Waals surface area contributed by atoms with Crippen LogP contribution in [0.3, 0.4) is 0 Å². The second-order valence-corrected chi connectivity index (χ2v) is 4.30. The Balaban J connectivity index is 2.65. The molecule has 0 bridgehead atoms. The molecule has 2 aromatic rings. The number of benzene rings is 1. The van der Waals surface area contributed by atoms with Gasteiger partial charge < -0.3 is 10.3 Å². The van der Waals surface area contributed by atoms with E-state index in [1.165, 1.54) is 0 Å². The summed E-state index contributed by atoms with van der Waals surface area (Å²) in [5.74, 6) is -0.0346. The van der Waals surface area contributed by atoms with Crippen molar-refractivity contribution >= 4 is 32.6 Å². The van der Waals surface area contributed by atoms with E-state index in [0.717, 1.165) is 15.4 Å². The summed E-state index contributed by atoms with van der Waals surface area (Å²) >= 11 is 3.46. The summed E-state index contributed by atoms with van der Waals surface area (Å²) in [6, 6.07) is 5.61. The van der Waals surface area contributed by atoms with Crippen LogP contribution in [-0.2, 0) is 7.05 Å². The molecular formula is C11H11BrN2O. The van der Waals surface area contributed by atoms with Gasteiger partial charge in [-0.05, 0) is 34.1 Å². The van der Waals surface area contributed by atoms with Gasteiger partial charge in [-0.25, -0.2) is 0 Å². The van der Waals surface area contributed by atoms with Crippen LogP contribution in [0.25, 0.3) is 10.9 Å². The molecule has 0 aliphatic carbocycles. The minimum Gasteiger partial charge on any atom is -0.349 e. The van der Waals surface area contributed by atoms with Gasteiger partial charge in [-0.3, -0.25) is 4.79 Å². The number of aromatic nitrogens is 1. The molecule has 0 atom stereocenters. The topological polar surface area (TPSA) is 48.0 Å². The van der Waals surface area contributed by atoms with Gasteiger partial charge in [0.2, 0.25) is 0 Å². The molecule has 0 radical (unpaired) electrons. The van der Waals surface area contributed by atoms with Gasteiger partial charge in [-0.15, -0.1) is 0 Å². The van der Waals surface area contributed by atoms with Crippen molar-refractivity contribution in [2.45, 2.75) is 0 Å². The third-order valence-corrected chi connectivity index (χ3v) is 3.08. The number of halogens is 1. The van der Waals surface area contributed by atoms with Crippen molar-refractivity contribution in [1.29, 1.82) is 0 Å². The van der Waals surface area contributed by atoms with Crippen LogP contribution in [0.2, 0.25) is 0 Å². The zero-order valence-electron chi connectivity index (χ0n) is 8.33. The van der Waals surface area contributed by atoms with Gasteiger partial charge >= 0.3 is 0 Å². The van der Waals surface area contributed by atoms with Crippen LogP contribution in [0.4, 0.5) is 0 Å². The molecule has 0 aliphatic rings. The molecule has 0 amide bonds. The Kier molecular flexibility index (Phi) is 2.63. The number of Topliss-reactive ketones (excluding diaryl/α,β-unsaturated/α-hetero) is 1. The first-order valence-corrected chi connectivity index (χ1v) is 5.40. The number of hydrogen-bond donors (Lipinski definition) is 1. The maximum atomic E-state index is 11.4. The van der Waals surface area contributed by atoms with Crippen molar-refractivity contribution in [2.24, 2.45) is 12.8 Å². The number of hydrogen-bond acceptors (Lipinski definition) is 2. The fourth-order valence-corrected chi connectivity index (χ4v) is 2.26. The van der Waals surface area contributed by atoms with Crippen molar-refractivity contribution in [3.63, 3.8) is 0 Å². The number of nitrogens with zero attached hydrogens (tertiary/aromatic N) is 1. The number of aryl methyl sites for hydroxylation is 1. The highest BCUT2D eigenvalue weighted by molar-refractivity contribution is 9.10. The summed E-state index contributed by atoms with van der Waals surface area (Å²) in [4.78, 5) is 11.4. The number of carbonyl (C=O) groups excluding carboxylic acids is 1. The Labute approximate surface area is 96.0 Å². The van der Waals surface area contributed by atoms with Crippen LogP contribution in [0.5, 0.6) is 0 Å². The van der Waals surface area contributed by atoms with Crippen LogP contribution in [-0.4, -0.2) is 16.9 Å². The Morgan fingerprint density at radius 2 is 2.27 bits per heavy atom. The minimum absolute atomic E-state index is 0.0346. The quantitative estimate of drug-likeness (QED) is 0.847. The highest BCUT2D eigenvalue weighted by Crippen LogP contribution is 2.26. The zero-order valence-corrected chi connectivity index (χ0v) is 9.91. The van der Waals surface area contributed by atoms with Gasteiger partial charge in [0, 0.05) is 34.2 Å². The van der Waals surface area contributed by atoms with Crippen molar-refractivity contribution in [3.05, 3.63) is 34.4 Å². The van der Waals surface area contributed by atoms with Gasteiger partial charge in [0.15, 0.2) is 5.78 Å². The third-order valence-electron chi connectivity index (χ3n) is 2.45. The molecule has 0 saturated carbocycles. The number of fused-ring (bicyclic) bond motifs is 1. The Bertz CT molecular complexity index is 531. The van der Waals surface area contributed by atoms with E-state index in [4.69, 9.17) is 5.73 Å². The normalized spacial score (nSPS) is 10.9. The lowest BCUT2D eigenvalue weighted by Crippen LogP contribution is -2.13. The first kappa shape index (κ1) is 10.4. The highest BCUT2D eigenvalue weighted by Gasteiger charge is 2.08. The smallest absolute Gasteiger partial charge is 0.176 e. The zero-order chi connectivity index (χ0) is 11.0. The van der Waals surface area contributed by atoms with E-state index in [1.807, 2.05) is 36.0 Å². The van der Waals surface area contributed by atoms with Gasteiger partial charge in [0.25, 0.3) is 0 Å². The summed E-state index contributed by atoms with van der Waals surface area (Å²) in [7, 11) is 1.97. The van der Waals surface area contributed by atoms with Gasteiger partial charge in [0.05, 0.1) is 6.54 Å². The van der Waals surface area contributed by atoms with Crippen LogP contribution in [0.15, 0.2) is 28.9 Å². The van der Waals surface area contributed by atoms with Gasteiger partial charge in [-0.2, -0.15) is 0 Å². The number of carbonyl (C=O) groups is 1. The summed E-state index contributed by atoms with van der Waals surface area (Å²) in [6.45, 7) is 0.0515. The van der Waals surface area contributed by atoms with E-state index in [0.29, 0.717) is 5.56 Å². The van der Waals surface area contributed by atoms with Crippen LogP contribution in [0.1, 0.15) is 10.4 Å². The van der Waals surface area contributed by atoms with Crippen molar-refractivity contribution in [3.8, 4) is 0 Å². The predicted molar refractivity (Wildman–Crippen MR) is 64.0 cm³/mol. The fourth-order valence-electron chi connectivity index (χ4n) is 1.64. The van der Waals surface area contributed by atoms with E-state index in [-0.39, 0.29) is 12.3 Å². The largest absolute Gasteiger partial charge is 0.349 e. The van der Waals surface area contributed by atoms with Crippen molar-refractivity contribution in [1.82, 2.24) is 4.57 Å². The Hall–Kier alpha value is -1.13. The van der Waals surface area contributed by atoms with E-state index >= 15 is 0 Å². The maximum Gasteiger partial charge on any atom is 0.176 e. The molecule has 0 fully saturated rings. The van der Waals surface area contributed by atoms with E-state index in [2.05, 4.69) is 15.9 Å². The molecule has 3 nitrogen and oxygen atoms in total. The maximum absolute atomic E-state index is 11.4. The van der Waals surface area contributed by atoms with E-state index < -0.39 is 0 Å². The fraction of sp³-hybridized carbons (Fsp3) is 0.182. The Morgan fingerprint density at radius 1 is 1.53 bits per heavy atom. The molecule has 1 aromatic carbocycles. The second-order valence-electron chi connectivity index (χ2n) is 3.45. The molecule has 1 heterocycles. The molecule has 78 valence electrons. The van der Waals surface area contributed by atoms with Crippen LogP contribution >= 0.6 is 15.9 Å². The molecule has 2 rings (SSSR count). The summed E-state index contributed by atoms with van der Waals surface area (Å²) < 4.78 is 3.00. The number of rotatable bonds is 2. The predicted octanol–water partition coefficient (Wildman–Crippen LogP) is 2.08. The molecule has 0 aliphatic heterocycles. The van der Waals surface area contributed by atoms with Gasteiger partial charge in [0.1, 0.15) is 0 Å². The lowest BCUT2D eigenvalue weighted by Gasteiger charge is -2.00. The SMILES string of the molecule is Cn1cc(Br)c2cc(C(=O)CN)ccc21. The van der Waals surface area contributed by atoms with Crippen molar-refractivity contribution in [2.75, 3.05) is 6.54 Å². The average Bonchev–Trinajstić information content (AvgIpc) is 2.53. The van der Waals surface area contributed by atoms with Crippen LogP contribution in [0, 0.1) is 0 Å². The van der Waals surface area contributed by atoms with Crippen LogP contribution < -0.4 is 5.73 Å². The molecule has 4 heteroatoms. The number of ketones is 1. The summed E-state index contributed by atoms with van der Waals surface area (Å²) in [5, 5.41) is 1.04. The van der Waals surface area contributed by atoms with Gasteiger partial charge in [-0.1, -0.05) is 0 Å². The molecule has 15 heavy (non-hydrogen) atoms. The minimum atomic E-state index is -0.0346. The first-order chi connectivity index (χ1) is 7.13. The van der Waals surface area contributed by atoms with E-state index in [1.54, 1.807) is 0 Å².